The van der Waals surface area contributed by atoms with Gasteiger partial charge in [-0.05, 0) is 62.9 Å². The van der Waals surface area contributed by atoms with E-state index in [0.29, 0.717) is 12.1 Å². The van der Waals surface area contributed by atoms with E-state index >= 15 is 0 Å². The van der Waals surface area contributed by atoms with Crippen molar-refractivity contribution in [2.24, 2.45) is 0 Å². The van der Waals surface area contributed by atoms with E-state index in [-0.39, 0.29) is 11.5 Å². The number of nitrogens with one attached hydrogen (secondary N) is 1. The molecule has 1 aliphatic heterocycles. The Bertz CT molecular complexity index is 670. The Morgan fingerprint density at radius 3 is 2.74 bits per heavy atom. The molecular formula is C18H23N3O2. The van der Waals surface area contributed by atoms with E-state index in [1.807, 2.05) is 43.6 Å². The number of aromatic nitrogens is 2. The number of aryl methyl sites for hydroxylation is 1. The molecule has 3 rings (SSSR count). The third-order valence-corrected chi connectivity index (χ3v) is 4.28. The molecule has 2 heterocycles. The molecule has 1 N–H and O–H groups in total. The lowest BCUT2D eigenvalue weighted by Gasteiger charge is -2.33. The molecule has 1 aromatic carbocycles. The van der Waals surface area contributed by atoms with Gasteiger partial charge >= 0.3 is 0 Å². The van der Waals surface area contributed by atoms with Gasteiger partial charge in [-0.25, -0.2) is 4.68 Å². The summed E-state index contributed by atoms with van der Waals surface area (Å²) in [6.45, 7) is 5.39. The van der Waals surface area contributed by atoms with E-state index in [1.54, 1.807) is 4.68 Å². The molecule has 2 aromatic rings. The average Bonchev–Trinajstić information content (AvgIpc) is 3.00. The van der Waals surface area contributed by atoms with Gasteiger partial charge < -0.3 is 10.1 Å². The molecule has 0 bridgehead atoms. The first kappa shape index (κ1) is 15.7. The second-order valence-electron chi connectivity index (χ2n) is 6.45. The number of carbonyl (C=O) groups is 1. The average molecular weight is 313 g/mol. The minimum absolute atomic E-state index is 0.0661. The lowest BCUT2D eigenvalue weighted by Crippen LogP contribution is -2.44. The maximum atomic E-state index is 12.3. The largest absolute Gasteiger partial charge is 0.373 e. The number of amides is 1. The Kier molecular flexibility index (Phi) is 4.48. The molecule has 23 heavy (non-hydrogen) atoms. The van der Waals surface area contributed by atoms with Crippen molar-refractivity contribution in [3.63, 3.8) is 0 Å². The number of hydrogen-bond acceptors (Lipinski definition) is 3. The number of ether oxygens (including phenoxy) is 1. The van der Waals surface area contributed by atoms with Crippen LogP contribution in [0, 0.1) is 6.92 Å². The fourth-order valence-electron chi connectivity index (χ4n) is 2.82. The molecule has 1 atom stereocenters. The van der Waals surface area contributed by atoms with E-state index < -0.39 is 0 Å². The van der Waals surface area contributed by atoms with Crippen molar-refractivity contribution in [2.45, 2.75) is 38.7 Å². The zero-order valence-corrected chi connectivity index (χ0v) is 13.7. The smallest absolute Gasteiger partial charge is 0.251 e. The minimum Gasteiger partial charge on any atom is -0.373 e. The summed E-state index contributed by atoms with van der Waals surface area (Å²) in [4.78, 5) is 12.3. The highest BCUT2D eigenvalue weighted by Crippen LogP contribution is 2.23. The van der Waals surface area contributed by atoms with Crippen molar-refractivity contribution in [2.75, 3.05) is 13.2 Å². The maximum Gasteiger partial charge on any atom is 0.251 e. The Morgan fingerprint density at radius 1 is 1.35 bits per heavy atom. The molecule has 1 fully saturated rings. The van der Waals surface area contributed by atoms with Crippen LogP contribution < -0.4 is 5.32 Å². The third-order valence-electron chi connectivity index (χ3n) is 4.28. The van der Waals surface area contributed by atoms with Crippen LogP contribution in [0.1, 0.15) is 42.1 Å². The number of rotatable bonds is 4. The molecule has 1 aromatic heterocycles. The maximum absolute atomic E-state index is 12.3. The monoisotopic (exact) mass is 313 g/mol. The third kappa shape index (κ3) is 3.79. The number of hydrogen-bond donors (Lipinski definition) is 1. The molecule has 1 aliphatic rings. The first-order valence-electron chi connectivity index (χ1n) is 8.10. The van der Waals surface area contributed by atoms with Crippen LogP contribution in [-0.2, 0) is 4.74 Å². The first-order chi connectivity index (χ1) is 11.1. The Morgan fingerprint density at radius 2 is 2.13 bits per heavy atom. The van der Waals surface area contributed by atoms with Crippen molar-refractivity contribution < 1.29 is 9.53 Å². The molecule has 122 valence electrons. The summed E-state index contributed by atoms with van der Waals surface area (Å²) >= 11 is 0. The fraction of sp³-hybridized carbons (Fsp3) is 0.444. The second kappa shape index (κ2) is 6.54. The Hall–Kier alpha value is -2.14. The summed E-state index contributed by atoms with van der Waals surface area (Å²) in [5, 5.41) is 7.25. The van der Waals surface area contributed by atoms with Gasteiger partial charge in [-0.15, -0.1) is 0 Å². The topological polar surface area (TPSA) is 56.2 Å². The van der Waals surface area contributed by atoms with Gasteiger partial charge in [-0.2, -0.15) is 5.10 Å². The van der Waals surface area contributed by atoms with Gasteiger partial charge in [0.25, 0.3) is 5.91 Å². The second-order valence-corrected chi connectivity index (χ2v) is 6.45. The van der Waals surface area contributed by atoms with E-state index in [2.05, 4.69) is 17.3 Å². The normalized spacial score (nSPS) is 21.1. The highest BCUT2D eigenvalue weighted by atomic mass is 16.5. The van der Waals surface area contributed by atoms with E-state index in [0.717, 1.165) is 37.1 Å². The van der Waals surface area contributed by atoms with Gasteiger partial charge in [0.15, 0.2) is 0 Å². The summed E-state index contributed by atoms with van der Waals surface area (Å²) in [7, 11) is 0. The summed E-state index contributed by atoms with van der Waals surface area (Å²) in [5.41, 5.74) is 2.46. The molecular weight excluding hydrogens is 290 g/mol. The van der Waals surface area contributed by atoms with Gasteiger partial charge in [0, 0.05) is 24.9 Å². The lowest BCUT2D eigenvalue weighted by molar-refractivity contribution is -0.0618. The van der Waals surface area contributed by atoms with Crippen molar-refractivity contribution in [3.05, 3.63) is 47.8 Å². The molecule has 5 nitrogen and oxygen atoms in total. The predicted molar refractivity (Wildman–Crippen MR) is 88.8 cm³/mol. The van der Waals surface area contributed by atoms with Crippen LogP contribution in [0.2, 0.25) is 0 Å². The molecule has 1 saturated heterocycles. The number of nitrogens with zero attached hydrogens (tertiary/aromatic N) is 2. The van der Waals surface area contributed by atoms with Crippen molar-refractivity contribution in [1.29, 1.82) is 0 Å². The van der Waals surface area contributed by atoms with Crippen LogP contribution in [0.5, 0.6) is 0 Å². The van der Waals surface area contributed by atoms with Crippen LogP contribution in [0.3, 0.4) is 0 Å². The van der Waals surface area contributed by atoms with Gasteiger partial charge in [-0.3, -0.25) is 4.79 Å². The Labute approximate surface area is 136 Å². The molecule has 0 radical (unpaired) electrons. The number of carbonyl (C=O) groups excluding carboxylic acids is 1. The molecule has 1 unspecified atom stereocenters. The van der Waals surface area contributed by atoms with Crippen molar-refractivity contribution in [1.82, 2.24) is 15.1 Å². The molecule has 0 spiro atoms. The number of benzene rings is 1. The van der Waals surface area contributed by atoms with E-state index in [1.165, 1.54) is 0 Å². The van der Waals surface area contributed by atoms with Crippen LogP contribution in [0.4, 0.5) is 0 Å². The summed E-state index contributed by atoms with van der Waals surface area (Å²) in [6.07, 6.45) is 7.02. The minimum atomic E-state index is -0.236. The molecule has 0 aliphatic carbocycles. The van der Waals surface area contributed by atoms with Crippen LogP contribution in [0.15, 0.2) is 36.7 Å². The van der Waals surface area contributed by atoms with Crippen molar-refractivity contribution in [3.8, 4) is 5.69 Å². The first-order valence-corrected chi connectivity index (χ1v) is 8.10. The predicted octanol–water partition coefficient (Wildman–Crippen LogP) is 2.87. The fourth-order valence-corrected chi connectivity index (χ4v) is 2.82. The quantitative estimate of drug-likeness (QED) is 0.944. The summed E-state index contributed by atoms with van der Waals surface area (Å²) in [6, 6.07) is 7.46. The molecule has 5 heteroatoms. The highest BCUT2D eigenvalue weighted by Gasteiger charge is 2.28. The van der Waals surface area contributed by atoms with Gasteiger partial charge in [-0.1, -0.05) is 0 Å². The van der Waals surface area contributed by atoms with Crippen LogP contribution in [0.25, 0.3) is 5.69 Å². The zero-order chi connectivity index (χ0) is 16.3. The van der Waals surface area contributed by atoms with Gasteiger partial charge in [0.2, 0.25) is 0 Å². The van der Waals surface area contributed by atoms with E-state index in [9.17, 15) is 4.79 Å². The summed E-state index contributed by atoms with van der Waals surface area (Å²) < 4.78 is 7.60. The Balaban J connectivity index is 1.61. The SMILES string of the molecule is Cc1cnn(-c2ccc(C(=O)NCC3(C)CCCCO3)cc2)c1. The van der Waals surface area contributed by atoms with Gasteiger partial charge in [0.1, 0.15) is 0 Å². The van der Waals surface area contributed by atoms with E-state index in [4.69, 9.17) is 4.74 Å². The molecule has 0 saturated carbocycles. The highest BCUT2D eigenvalue weighted by molar-refractivity contribution is 5.94. The van der Waals surface area contributed by atoms with Crippen LogP contribution in [-0.4, -0.2) is 34.4 Å². The van der Waals surface area contributed by atoms with Crippen molar-refractivity contribution >= 4 is 5.91 Å². The lowest BCUT2D eigenvalue weighted by atomic mass is 9.96. The summed E-state index contributed by atoms with van der Waals surface area (Å²) in [5.74, 6) is -0.0661. The van der Waals surface area contributed by atoms with Gasteiger partial charge in [0.05, 0.1) is 17.5 Å². The zero-order valence-electron chi connectivity index (χ0n) is 13.7. The van der Waals surface area contributed by atoms with Crippen LogP contribution >= 0.6 is 0 Å². The molecule has 1 amide bonds. The standard InChI is InChI=1S/C18H23N3O2/c1-14-11-20-21(12-14)16-7-5-15(6-8-16)17(22)19-13-18(2)9-3-4-10-23-18/h5-8,11-12H,3-4,9-10,13H2,1-2H3,(H,19,22).